The highest BCUT2D eigenvalue weighted by Crippen LogP contribution is 2.48. The van der Waals surface area contributed by atoms with Crippen molar-refractivity contribution < 1.29 is 38.4 Å². The number of carbonyl (C=O) groups is 3. The number of methoxy groups -OCH3 is 3. The molecule has 2 N–H and O–H groups in total. The van der Waals surface area contributed by atoms with E-state index in [4.69, 9.17) is 18.9 Å². The molecule has 1 aromatic carbocycles. The van der Waals surface area contributed by atoms with Crippen LogP contribution in [-0.2, 0) is 23.9 Å². The Kier molecular flexibility index (Phi) is 7.77. The number of phenols is 1. The molecule has 0 aromatic heterocycles. The van der Waals surface area contributed by atoms with Crippen molar-refractivity contribution in [1.29, 1.82) is 0 Å². The van der Waals surface area contributed by atoms with Crippen LogP contribution in [0.5, 0.6) is 17.2 Å². The number of dihydropyridines is 1. The number of allylic oxidation sites excluding steroid dienone is 3. The Morgan fingerprint density at radius 3 is 2.29 bits per heavy atom. The minimum atomic E-state index is -1.01. The molecule has 0 fully saturated rings. The van der Waals surface area contributed by atoms with Gasteiger partial charge in [0.05, 0.1) is 33.0 Å². The van der Waals surface area contributed by atoms with Gasteiger partial charge in [0.1, 0.15) is 5.92 Å². The van der Waals surface area contributed by atoms with Crippen molar-refractivity contribution in [1.82, 2.24) is 5.32 Å². The number of benzene rings is 1. The van der Waals surface area contributed by atoms with Gasteiger partial charge in [0.2, 0.25) is 5.75 Å². The Morgan fingerprint density at radius 2 is 1.77 bits per heavy atom. The van der Waals surface area contributed by atoms with E-state index >= 15 is 0 Å². The zero-order chi connectivity index (χ0) is 26.0. The van der Waals surface area contributed by atoms with Crippen molar-refractivity contribution in [3.63, 3.8) is 0 Å². The van der Waals surface area contributed by atoms with Gasteiger partial charge in [-0.3, -0.25) is 9.59 Å². The van der Waals surface area contributed by atoms with Gasteiger partial charge in [-0.05, 0) is 50.3 Å². The van der Waals surface area contributed by atoms with Crippen LogP contribution < -0.4 is 14.8 Å². The minimum Gasteiger partial charge on any atom is -0.502 e. The molecule has 0 saturated carbocycles. The monoisotopic (exact) mass is 487 g/mol. The standard InChI is InChI=1S/C26H33NO8/c1-8-13(3)35-26(31)20-14(4)27-16-9-12(2)19(25(30)34-7)24(29)22(16)21(20)15-10-17(32-5)23(28)18(11-15)33-6/h10-13,19,21,27-28H,8-9H2,1-7H3. The number of phenolic OH excluding ortho intramolecular Hbond substituents is 1. The average Bonchev–Trinajstić information content (AvgIpc) is 2.82. The van der Waals surface area contributed by atoms with Crippen LogP contribution in [0.4, 0.5) is 0 Å². The maximum atomic E-state index is 13.8. The van der Waals surface area contributed by atoms with E-state index in [2.05, 4.69) is 5.32 Å². The summed E-state index contributed by atoms with van der Waals surface area (Å²) in [5, 5.41) is 13.7. The summed E-state index contributed by atoms with van der Waals surface area (Å²) < 4.78 is 21.2. The number of ether oxygens (including phenoxy) is 4. The third-order valence-electron chi connectivity index (χ3n) is 6.68. The lowest BCUT2D eigenvalue weighted by molar-refractivity contribution is -0.151. The Hall–Kier alpha value is -3.49. The molecule has 1 heterocycles. The van der Waals surface area contributed by atoms with Gasteiger partial charge >= 0.3 is 11.9 Å². The number of Topliss-reactive ketones (excluding diaryl/α,β-unsaturated/α-hetero) is 1. The van der Waals surface area contributed by atoms with Gasteiger partial charge < -0.3 is 29.4 Å². The molecule has 0 spiro atoms. The molecule has 9 heteroatoms. The van der Waals surface area contributed by atoms with E-state index in [-0.39, 0.29) is 40.4 Å². The van der Waals surface area contributed by atoms with E-state index in [0.29, 0.717) is 29.8 Å². The zero-order valence-electron chi connectivity index (χ0n) is 21.2. The van der Waals surface area contributed by atoms with Crippen molar-refractivity contribution in [2.45, 2.75) is 52.6 Å². The minimum absolute atomic E-state index is 0.119. The molecule has 0 bridgehead atoms. The Balaban J connectivity index is 2.27. The van der Waals surface area contributed by atoms with Crippen LogP contribution in [0.25, 0.3) is 0 Å². The summed E-state index contributed by atoms with van der Waals surface area (Å²) in [6.45, 7) is 7.26. The van der Waals surface area contributed by atoms with Crippen LogP contribution in [0.3, 0.4) is 0 Å². The normalized spacial score (nSPS) is 22.7. The maximum Gasteiger partial charge on any atom is 0.337 e. The average molecular weight is 488 g/mol. The van der Waals surface area contributed by atoms with E-state index in [9.17, 15) is 19.5 Å². The molecule has 0 radical (unpaired) electrons. The second-order valence-corrected chi connectivity index (χ2v) is 8.93. The summed E-state index contributed by atoms with van der Waals surface area (Å²) in [5.74, 6) is -3.77. The smallest absolute Gasteiger partial charge is 0.337 e. The number of hydrogen-bond acceptors (Lipinski definition) is 9. The van der Waals surface area contributed by atoms with Crippen LogP contribution in [0.2, 0.25) is 0 Å². The molecule has 1 aliphatic heterocycles. The first kappa shape index (κ1) is 26.1. The largest absolute Gasteiger partial charge is 0.502 e. The zero-order valence-corrected chi connectivity index (χ0v) is 21.2. The van der Waals surface area contributed by atoms with Gasteiger partial charge in [-0.1, -0.05) is 13.8 Å². The van der Waals surface area contributed by atoms with Crippen LogP contribution in [0, 0.1) is 11.8 Å². The van der Waals surface area contributed by atoms with Gasteiger partial charge in [0, 0.05) is 22.9 Å². The molecular weight excluding hydrogens is 454 g/mol. The fraction of sp³-hybridized carbons (Fsp3) is 0.500. The second kappa shape index (κ2) is 10.4. The van der Waals surface area contributed by atoms with Crippen LogP contribution in [-0.4, -0.2) is 50.3 Å². The molecule has 35 heavy (non-hydrogen) atoms. The first-order valence-electron chi connectivity index (χ1n) is 11.6. The lowest BCUT2D eigenvalue weighted by Gasteiger charge is -2.38. The Morgan fingerprint density at radius 1 is 1.17 bits per heavy atom. The Labute approximate surface area is 205 Å². The number of rotatable bonds is 7. The third kappa shape index (κ3) is 4.72. The molecule has 1 aromatic rings. The second-order valence-electron chi connectivity index (χ2n) is 8.93. The molecule has 2 aliphatic rings. The summed E-state index contributed by atoms with van der Waals surface area (Å²) in [7, 11) is 4.04. The number of hydrogen-bond donors (Lipinski definition) is 2. The van der Waals surface area contributed by atoms with E-state index in [0.717, 1.165) is 0 Å². The third-order valence-corrected chi connectivity index (χ3v) is 6.68. The van der Waals surface area contributed by atoms with Crippen LogP contribution in [0.1, 0.15) is 52.0 Å². The molecule has 9 nitrogen and oxygen atoms in total. The molecule has 0 amide bonds. The van der Waals surface area contributed by atoms with Crippen LogP contribution >= 0.6 is 0 Å². The lowest BCUT2D eigenvalue weighted by atomic mass is 9.69. The molecular formula is C26H33NO8. The van der Waals surface area contributed by atoms with E-state index in [1.165, 1.54) is 21.3 Å². The summed E-state index contributed by atoms with van der Waals surface area (Å²) in [6.07, 6.45) is 0.688. The van der Waals surface area contributed by atoms with E-state index < -0.39 is 29.6 Å². The van der Waals surface area contributed by atoms with Gasteiger partial charge in [-0.2, -0.15) is 0 Å². The quantitative estimate of drug-likeness (QED) is 0.440. The van der Waals surface area contributed by atoms with Gasteiger partial charge in [0.15, 0.2) is 17.3 Å². The highest BCUT2D eigenvalue weighted by atomic mass is 16.5. The molecule has 0 saturated heterocycles. The Bertz CT molecular complexity index is 1080. The van der Waals surface area contributed by atoms with Crippen molar-refractivity contribution in [2.24, 2.45) is 11.8 Å². The molecule has 1 aliphatic carbocycles. The topological polar surface area (TPSA) is 120 Å². The van der Waals surface area contributed by atoms with Gasteiger partial charge in [-0.15, -0.1) is 0 Å². The predicted octanol–water partition coefficient (Wildman–Crippen LogP) is 3.36. The first-order chi connectivity index (χ1) is 16.6. The number of ketones is 1. The van der Waals surface area contributed by atoms with Crippen molar-refractivity contribution in [3.8, 4) is 17.2 Å². The van der Waals surface area contributed by atoms with Gasteiger partial charge in [-0.25, -0.2) is 4.79 Å². The molecule has 190 valence electrons. The summed E-state index contributed by atoms with van der Waals surface area (Å²) in [6, 6.07) is 3.11. The summed E-state index contributed by atoms with van der Waals surface area (Å²) in [5.41, 5.74) is 2.19. The summed E-state index contributed by atoms with van der Waals surface area (Å²) >= 11 is 0. The number of esters is 2. The first-order valence-corrected chi connectivity index (χ1v) is 11.6. The van der Waals surface area contributed by atoms with Crippen LogP contribution in [0.15, 0.2) is 34.7 Å². The highest BCUT2D eigenvalue weighted by Gasteiger charge is 2.47. The predicted molar refractivity (Wildman–Crippen MR) is 127 cm³/mol. The SMILES string of the molecule is CCC(C)OC(=O)C1=C(C)NC2=C(C(=O)C(C(=O)OC)C(C)C2)C1c1cc(OC)c(O)c(OC)c1. The van der Waals surface area contributed by atoms with E-state index in [1.54, 1.807) is 26.0 Å². The number of nitrogens with one attached hydrogen (secondary N) is 1. The van der Waals surface area contributed by atoms with Crippen molar-refractivity contribution in [2.75, 3.05) is 21.3 Å². The fourth-order valence-electron chi connectivity index (χ4n) is 4.69. The lowest BCUT2D eigenvalue weighted by Crippen LogP contribution is -2.43. The van der Waals surface area contributed by atoms with Crippen molar-refractivity contribution >= 4 is 17.7 Å². The van der Waals surface area contributed by atoms with Crippen molar-refractivity contribution in [3.05, 3.63) is 40.2 Å². The highest BCUT2D eigenvalue weighted by molar-refractivity contribution is 6.12. The summed E-state index contributed by atoms with van der Waals surface area (Å²) in [4.78, 5) is 39.7. The van der Waals surface area contributed by atoms with E-state index in [1.807, 2.05) is 13.8 Å². The van der Waals surface area contributed by atoms with Gasteiger partial charge in [0.25, 0.3) is 0 Å². The maximum absolute atomic E-state index is 13.8. The number of carbonyl (C=O) groups excluding carboxylic acids is 3. The molecule has 3 rings (SSSR count). The fourth-order valence-corrected chi connectivity index (χ4v) is 4.69. The molecule has 4 atom stereocenters. The molecule has 4 unspecified atom stereocenters. The number of aromatic hydroxyl groups is 1.